The summed E-state index contributed by atoms with van der Waals surface area (Å²) in [6, 6.07) is 50.4. The van der Waals surface area contributed by atoms with Gasteiger partial charge in [0.1, 0.15) is 23.7 Å². The van der Waals surface area contributed by atoms with Crippen molar-refractivity contribution in [3.63, 3.8) is 0 Å². The number of nitrogens with zero attached hydrogens (tertiary/aromatic N) is 1. The normalized spacial score (nSPS) is 10.1. The number of hydrogen-bond acceptors (Lipinski definition) is 9. The Labute approximate surface area is 359 Å². The van der Waals surface area contributed by atoms with Crippen LogP contribution in [0.4, 0.5) is 5.69 Å². The molecular weight excluding hydrogens is 790 g/mol. The molecule has 6 aromatic carbocycles. The third-order valence-electron chi connectivity index (χ3n) is 8.96. The van der Waals surface area contributed by atoms with E-state index in [1.807, 2.05) is 115 Å². The van der Waals surface area contributed by atoms with Gasteiger partial charge < -0.3 is 29.7 Å². The Hall–Kier alpha value is -7.43. The molecule has 8 aromatic rings. The van der Waals surface area contributed by atoms with Crippen molar-refractivity contribution in [2.45, 2.75) is 13.3 Å². The van der Waals surface area contributed by atoms with Gasteiger partial charge in [-0.25, -0.2) is 4.98 Å². The van der Waals surface area contributed by atoms with Crippen molar-refractivity contribution in [1.29, 1.82) is 0 Å². The summed E-state index contributed by atoms with van der Waals surface area (Å²) in [5, 5.41) is 2.30. The standard InChI is InChI=1S/C16H12ClNO.C16H13NO2.C11H12O3.C7H9NO/c1-19-12-7-8-13-14(17)10-15(18-16(13)9-12)11-5-3-2-4-6-11;1-19-12-7-8-13-15(9-12)17-14(10-16(13)18)11-5-3-2-4-6-11;1-2-14-11(13)8-10(12)9-6-4-3-5-7-9;1-9-7-4-2-3-6(8)5-7/h2-10H,1H3;2-10H,1H3,(H,17,18);3-7H,2,8H2,1H3;2-5H,8H2,1H3. The zero-order valence-corrected chi connectivity index (χ0v) is 35.0. The van der Waals surface area contributed by atoms with Crippen LogP contribution in [0.25, 0.3) is 44.3 Å². The van der Waals surface area contributed by atoms with Crippen LogP contribution in [0.5, 0.6) is 17.2 Å². The Kier molecular flexibility index (Phi) is 16.6. The molecule has 61 heavy (non-hydrogen) atoms. The van der Waals surface area contributed by atoms with Crippen LogP contribution in [-0.4, -0.2) is 49.7 Å². The lowest BCUT2D eigenvalue weighted by Crippen LogP contribution is -2.11. The van der Waals surface area contributed by atoms with Crippen LogP contribution in [0.2, 0.25) is 5.02 Å². The summed E-state index contributed by atoms with van der Waals surface area (Å²) in [5.74, 6) is 1.63. The topological polar surface area (TPSA) is 143 Å². The number of halogens is 1. The van der Waals surface area contributed by atoms with Gasteiger partial charge in [0.2, 0.25) is 0 Å². The fourth-order valence-electron chi connectivity index (χ4n) is 5.89. The molecule has 310 valence electrons. The number of hydrogen-bond donors (Lipinski definition) is 2. The highest BCUT2D eigenvalue weighted by Gasteiger charge is 2.12. The maximum Gasteiger partial charge on any atom is 0.313 e. The molecule has 8 rings (SSSR count). The number of esters is 1. The first-order valence-electron chi connectivity index (χ1n) is 19.2. The third-order valence-corrected chi connectivity index (χ3v) is 9.27. The zero-order valence-electron chi connectivity index (χ0n) is 34.3. The summed E-state index contributed by atoms with van der Waals surface area (Å²) in [7, 11) is 4.87. The number of nitrogen functional groups attached to an aromatic ring is 1. The number of carbonyl (C=O) groups excluding carboxylic acids is 2. The number of aromatic nitrogens is 2. The Balaban J connectivity index is 0.000000159. The van der Waals surface area contributed by atoms with E-state index in [1.165, 1.54) is 0 Å². The van der Waals surface area contributed by atoms with Crippen molar-refractivity contribution in [2.75, 3.05) is 33.7 Å². The number of fused-ring (bicyclic) bond motifs is 2. The highest BCUT2D eigenvalue weighted by atomic mass is 35.5. The largest absolute Gasteiger partial charge is 0.497 e. The van der Waals surface area contributed by atoms with Crippen molar-refractivity contribution in [1.82, 2.24) is 9.97 Å². The number of methoxy groups -OCH3 is 3. The summed E-state index contributed by atoms with van der Waals surface area (Å²) in [4.78, 5) is 42.5. The average molecular weight is 836 g/mol. The summed E-state index contributed by atoms with van der Waals surface area (Å²) in [6.07, 6.45) is -0.183. The minimum atomic E-state index is -0.471. The molecule has 0 unspecified atom stereocenters. The van der Waals surface area contributed by atoms with E-state index < -0.39 is 5.97 Å². The van der Waals surface area contributed by atoms with Crippen molar-refractivity contribution in [3.8, 4) is 39.8 Å². The zero-order chi connectivity index (χ0) is 43.6. The van der Waals surface area contributed by atoms with E-state index in [1.54, 1.807) is 76.8 Å². The number of nitrogens with two attached hydrogens (primary N) is 1. The molecule has 0 aliphatic carbocycles. The second kappa shape index (κ2) is 22.6. The molecule has 0 saturated carbocycles. The van der Waals surface area contributed by atoms with Gasteiger partial charge in [-0.3, -0.25) is 14.4 Å². The van der Waals surface area contributed by atoms with Gasteiger partial charge in [0.15, 0.2) is 11.2 Å². The van der Waals surface area contributed by atoms with E-state index >= 15 is 0 Å². The molecule has 0 spiro atoms. The van der Waals surface area contributed by atoms with Crippen molar-refractivity contribution < 1.29 is 28.5 Å². The van der Waals surface area contributed by atoms with Gasteiger partial charge >= 0.3 is 5.97 Å². The minimum absolute atomic E-state index is 0.00950. The quantitative estimate of drug-likeness (QED) is 0.0628. The molecular formula is C50H46ClN3O7. The SMILES string of the molecule is CCOC(=O)CC(=O)c1ccccc1.COc1ccc2c(=O)cc(-c3ccccc3)[nH]c2c1.COc1ccc2c(Cl)cc(-c3ccccc3)nc2c1.COc1cccc(N)c1. The van der Waals surface area contributed by atoms with Crippen LogP contribution in [0.15, 0.2) is 169 Å². The summed E-state index contributed by atoms with van der Waals surface area (Å²) in [6.45, 7) is 2.02. The van der Waals surface area contributed by atoms with Gasteiger partial charge in [0, 0.05) is 57.5 Å². The van der Waals surface area contributed by atoms with Crippen molar-refractivity contribution in [3.05, 3.63) is 185 Å². The number of ether oxygens (including phenoxy) is 4. The molecule has 2 heterocycles. The minimum Gasteiger partial charge on any atom is -0.497 e. The van der Waals surface area contributed by atoms with Crippen molar-refractivity contribution in [2.24, 2.45) is 0 Å². The molecule has 0 saturated heterocycles. The molecule has 0 atom stereocenters. The van der Waals surface area contributed by atoms with Gasteiger partial charge in [-0.15, -0.1) is 0 Å². The van der Waals surface area contributed by atoms with Crippen LogP contribution in [0.1, 0.15) is 23.7 Å². The smallest absolute Gasteiger partial charge is 0.313 e. The molecule has 0 aliphatic rings. The lowest BCUT2D eigenvalue weighted by atomic mass is 10.1. The molecule has 11 heteroatoms. The lowest BCUT2D eigenvalue weighted by Gasteiger charge is -2.07. The van der Waals surface area contributed by atoms with Gasteiger partial charge in [0.25, 0.3) is 0 Å². The van der Waals surface area contributed by atoms with Crippen LogP contribution in [0, 0.1) is 0 Å². The maximum absolute atomic E-state index is 12.1. The fourth-order valence-corrected chi connectivity index (χ4v) is 6.16. The highest BCUT2D eigenvalue weighted by molar-refractivity contribution is 6.35. The van der Waals surface area contributed by atoms with E-state index in [0.717, 1.165) is 61.9 Å². The average Bonchev–Trinajstić information content (AvgIpc) is 3.30. The number of pyridine rings is 2. The van der Waals surface area contributed by atoms with Crippen molar-refractivity contribution >= 4 is 50.8 Å². The monoisotopic (exact) mass is 835 g/mol. The number of H-pyrrole nitrogens is 1. The number of benzene rings is 6. The molecule has 0 fully saturated rings. The number of aromatic amines is 1. The number of carbonyl (C=O) groups is 2. The second-order valence-corrected chi connectivity index (χ2v) is 13.5. The van der Waals surface area contributed by atoms with Crippen LogP contribution in [0.3, 0.4) is 0 Å². The number of nitrogens with one attached hydrogen (secondary N) is 1. The Bertz CT molecular complexity index is 2730. The molecule has 10 nitrogen and oxygen atoms in total. The molecule has 0 bridgehead atoms. The van der Waals surface area contributed by atoms with E-state index in [-0.39, 0.29) is 17.6 Å². The third kappa shape index (κ3) is 13.0. The van der Waals surface area contributed by atoms with E-state index in [4.69, 9.17) is 31.5 Å². The van der Waals surface area contributed by atoms with E-state index in [0.29, 0.717) is 22.6 Å². The van der Waals surface area contributed by atoms with Crippen LogP contribution in [-0.2, 0) is 9.53 Å². The predicted octanol–water partition coefficient (Wildman–Crippen LogP) is 10.9. The van der Waals surface area contributed by atoms with Gasteiger partial charge in [-0.1, -0.05) is 109 Å². The molecule has 3 N–H and O–H groups in total. The molecule has 0 amide bonds. The molecule has 0 aliphatic heterocycles. The predicted molar refractivity (Wildman–Crippen MR) is 245 cm³/mol. The van der Waals surface area contributed by atoms with Gasteiger partial charge in [0.05, 0.1) is 49.7 Å². The van der Waals surface area contributed by atoms with Gasteiger partial charge in [-0.2, -0.15) is 0 Å². The number of ketones is 1. The Morgan fingerprint density at radius 3 is 1.80 bits per heavy atom. The number of rotatable bonds is 9. The summed E-state index contributed by atoms with van der Waals surface area (Å²) < 4.78 is 20.0. The van der Waals surface area contributed by atoms with Crippen LogP contribution < -0.4 is 25.4 Å². The molecule has 2 aromatic heterocycles. The Morgan fingerprint density at radius 2 is 1.21 bits per heavy atom. The Morgan fingerprint density at radius 1 is 0.639 bits per heavy atom. The summed E-state index contributed by atoms with van der Waals surface area (Å²) in [5.41, 5.74) is 12.1. The molecule has 0 radical (unpaired) electrons. The number of Topliss-reactive ketones (excluding diaryl/α,β-unsaturated/α-hetero) is 1. The fraction of sp³-hybridized carbons (Fsp3) is 0.120. The highest BCUT2D eigenvalue weighted by Crippen LogP contribution is 2.30. The summed E-state index contributed by atoms with van der Waals surface area (Å²) >= 11 is 6.33. The first kappa shape index (κ1) is 44.7. The van der Waals surface area contributed by atoms with Crippen LogP contribution >= 0.6 is 11.6 Å². The maximum atomic E-state index is 12.1. The first-order chi connectivity index (χ1) is 29.6. The number of anilines is 1. The second-order valence-electron chi connectivity index (χ2n) is 13.1. The first-order valence-corrected chi connectivity index (χ1v) is 19.6. The van der Waals surface area contributed by atoms with E-state index in [2.05, 4.69) is 14.7 Å². The van der Waals surface area contributed by atoms with Gasteiger partial charge in [-0.05, 0) is 55.0 Å². The van der Waals surface area contributed by atoms with E-state index in [9.17, 15) is 14.4 Å². The lowest BCUT2D eigenvalue weighted by molar-refractivity contribution is -0.141.